The molecule has 0 saturated heterocycles. The molecule has 2 heterocycles. The number of rotatable bonds is 5. The van der Waals surface area contributed by atoms with Crippen LogP contribution in [0.15, 0.2) is 22.5 Å². The van der Waals surface area contributed by atoms with Crippen LogP contribution < -0.4 is 5.32 Å². The van der Waals surface area contributed by atoms with Crippen molar-refractivity contribution in [3.8, 4) is 0 Å². The van der Waals surface area contributed by atoms with Gasteiger partial charge in [-0.2, -0.15) is 0 Å². The smallest absolute Gasteiger partial charge is 0.109 e. The van der Waals surface area contributed by atoms with Gasteiger partial charge >= 0.3 is 0 Å². The molecular weight excluding hydrogens is 226 g/mol. The molecule has 0 aliphatic heterocycles. The maximum Gasteiger partial charge on any atom is 0.109 e. The van der Waals surface area contributed by atoms with E-state index in [4.69, 9.17) is 0 Å². The molecule has 0 radical (unpaired) electrons. The second-order valence-corrected chi connectivity index (χ2v) is 4.84. The highest BCUT2D eigenvalue weighted by molar-refractivity contribution is 7.09. The van der Waals surface area contributed by atoms with E-state index in [-0.39, 0.29) is 0 Å². The van der Waals surface area contributed by atoms with Crippen LogP contribution in [0.4, 0.5) is 0 Å². The molecule has 1 N–H and O–H groups in total. The number of nitrogens with zero attached hydrogens (tertiary/aromatic N) is 2. The van der Waals surface area contributed by atoms with E-state index in [1.54, 1.807) is 22.7 Å². The molecule has 0 aliphatic rings. The lowest BCUT2D eigenvalue weighted by Gasteiger charge is -2.12. The zero-order chi connectivity index (χ0) is 10.5. The molecule has 80 valence electrons. The first kappa shape index (κ1) is 10.7. The third-order valence-corrected chi connectivity index (χ3v) is 3.70. The van der Waals surface area contributed by atoms with Crippen molar-refractivity contribution in [2.24, 2.45) is 0 Å². The second kappa shape index (κ2) is 5.34. The summed E-state index contributed by atoms with van der Waals surface area (Å²) in [6.07, 6.45) is 2.91. The van der Waals surface area contributed by atoms with Gasteiger partial charge in [0.1, 0.15) is 5.01 Å². The molecule has 1 unspecified atom stereocenters. The summed E-state index contributed by atoms with van der Waals surface area (Å²) < 4.78 is 0. The van der Waals surface area contributed by atoms with Crippen molar-refractivity contribution < 1.29 is 0 Å². The van der Waals surface area contributed by atoms with Crippen molar-refractivity contribution in [1.82, 2.24) is 15.3 Å². The molecule has 0 amide bonds. The van der Waals surface area contributed by atoms with E-state index >= 15 is 0 Å². The Morgan fingerprint density at radius 1 is 1.47 bits per heavy atom. The molecule has 0 saturated carbocycles. The first-order valence-corrected chi connectivity index (χ1v) is 6.72. The monoisotopic (exact) mass is 239 g/mol. The zero-order valence-electron chi connectivity index (χ0n) is 8.51. The molecule has 0 spiro atoms. The molecule has 0 bridgehead atoms. The van der Waals surface area contributed by atoms with E-state index in [1.807, 2.05) is 17.1 Å². The molecular formula is C10H13N3S2. The minimum Gasteiger partial charge on any atom is -0.302 e. The van der Waals surface area contributed by atoms with Gasteiger partial charge in [-0.3, -0.25) is 0 Å². The lowest BCUT2D eigenvalue weighted by Crippen LogP contribution is -2.20. The Morgan fingerprint density at radius 3 is 3.00 bits per heavy atom. The van der Waals surface area contributed by atoms with Crippen LogP contribution in [0.1, 0.15) is 30.1 Å². The highest BCUT2D eigenvalue weighted by Crippen LogP contribution is 2.19. The lowest BCUT2D eigenvalue weighted by molar-refractivity contribution is 0.513. The molecule has 0 fully saturated rings. The lowest BCUT2D eigenvalue weighted by atomic mass is 10.2. The molecule has 2 aromatic heterocycles. The summed E-state index contributed by atoms with van der Waals surface area (Å²) in [5, 5.41) is 8.71. The highest BCUT2D eigenvalue weighted by atomic mass is 32.1. The van der Waals surface area contributed by atoms with Crippen molar-refractivity contribution in [3.05, 3.63) is 33.2 Å². The van der Waals surface area contributed by atoms with Crippen LogP contribution >= 0.6 is 22.7 Å². The van der Waals surface area contributed by atoms with E-state index in [0.717, 1.165) is 23.7 Å². The van der Waals surface area contributed by atoms with Crippen molar-refractivity contribution in [2.75, 3.05) is 0 Å². The molecule has 1 atom stereocenters. The standard InChI is InChI=1S/C10H13N3S2/c1-2-9(10-11-3-4-15-10)12-5-8-6-14-7-13-8/h3-4,6-7,9,12H,2,5H2,1H3. The van der Waals surface area contributed by atoms with Crippen LogP contribution in [0.2, 0.25) is 0 Å². The molecule has 3 nitrogen and oxygen atoms in total. The maximum absolute atomic E-state index is 4.33. The van der Waals surface area contributed by atoms with Gasteiger partial charge in [0.25, 0.3) is 0 Å². The highest BCUT2D eigenvalue weighted by Gasteiger charge is 2.11. The molecule has 2 aromatic rings. The summed E-state index contributed by atoms with van der Waals surface area (Å²) in [4.78, 5) is 8.57. The van der Waals surface area contributed by atoms with Gasteiger partial charge in [0, 0.05) is 23.5 Å². The quantitative estimate of drug-likeness (QED) is 0.872. The third kappa shape index (κ3) is 2.84. The van der Waals surface area contributed by atoms with Crippen molar-refractivity contribution in [3.63, 3.8) is 0 Å². The van der Waals surface area contributed by atoms with Gasteiger partial charge in [0.2, 0.25) is 0 Å². The second-order valence-electron chi connectivity index (χ2n) is 3.19. The minimum atomic E-state index is 0.353. The van der Waals surface area contributed by atoms with Gasteiger partial charge in [-0.15, -0.1) is 22.7 Å². The molecule has 0 aromatic carbocycles. The summed E-state index contributed by atoms with van der Waals surface area (Å²) in [7, 11) is 0. The molecule has 0 aliphatic carbocycles. The first-order chi connectivity index (χ1) is 7.40. The van der Waals surface area contributed by atoms with Crippen molar-refractivity contribution in [2.45, 2.75) is 25.9 Å². The average Bonchev–Trinajstić information content (AvgIpc) is 2.90. The number of hydrogen-bond acceptors (Lipinski definition) is 5. The van der Waals surface area contributed by atoms with Crippen LogP contribution in [-0.2, 0) is 6.54 Å². The van der Waals surface area contributed by atoms with Gasteiger partial charge in [0.05, 0.1) is 17.2 Å². The summed E-state index contributed by atoms with van der Waals surface area (Å²) in [5.41, 5.74) is 2.97. The van der Waals surface area contributed by atoms with E-state index in [0.29, 0.717) is 6.04 Å². The van der Waals surface area contributed by atoms with Crippen LogP contribution in [0, 0.1) is 0 Å². The summed E-state index contributed by atoms with van der Waals surface area (Å²) in [5.74, 6) is 0. The molecule has 15 heavy (non-hydrogen) atoms. The summed E-state index contributed by atoms with van der Waals surface area (Å²) in [6.45, 7) is 2.99. The van der Waals surface area contributed by atoms with Gasteiger partial charge in [-0.1, -0.05) is 6.92 Å². The number of hydrogen-bond donors (Lipinski definition) is 1. The van der Waals surface area contributed by atoms with Gasteiger partial charge in [-0.05, 0) is 6.42 Å². The Bertz CT molecular complexity index is 369. The summed E-state index contributed by atoms with van der Waals surface area (Å²) in [6, 6.07) is 0.353. The fourth-order valence-corrected chi connectivity index (χ4v) is 2.72. The largest absolute Gasteiger partial charge is 0.302 e. The predicted octanol–water partition coefficient (Wildman–Crippen LogP) is 2.84. The Kier molecular flexibility index (Phi) is 3.82. The van der Waals surface area contributed by atoms with E-state index in [1.165, 1.54) is 0 Å². The predicted molar refractivity (Wildman–Crippen MR) is 64.1 cm³/mol. The van der Waals surface area contributed by atoms with Gasteiger partial charge in [0.15, 0.2) is 0 Å². The summed E-state index contributed by atoms with van der Waals surface area (Å²) >= 11 is 3.33. The molecule has 2 rings (SSSR count). The van der Waals surface area contributed by atoms with Gasteiger partial charge in [-0.25, -0.2) is 9.97 Å². The number of thiazole rings is 2. The Morgan fingerprint density at radius 2 is 2.40 bits per heavy atom. The van der Waals surface area contributed by atoms with Crippen LogP contribution in [0.3, 0.4) is 0 Å². The number of aromatic nitrogens is 2. The average molecular weight is 239 g/mol. The number of nitrogens with one attached hydrogen (secondary N) is 1. The Labute approximate surface area is 97.2 Å². The fraction of sp³-hybridized carbons (Fsp3) is 0.400. The SMILES string of the molecule is CCC(NCc1cscn1)c1nccs1. The van der Waals surface area contributed by atoms with E-state index in [9.17, 15) is 0 Å². The van der Waals surface area contributed by atoms with Crippen LogP contribution in [-0.4, -0.2) is 9.97 Å². The first-order valence-electron chi connectivity index (χ1n) is 4.90. The third-order valence-electron chi connectivity index (χ3n) is 2.17. The van der Waals surface area contributed by atoms with Crippen LogP contribution in [0.5, 0.6) is 0 Å². The Hall–Kier alpha value is -0.780. The van der Waals surface area contributed by atoms with Gasteiger partial charge < -0.3 is 5.32 Å². The normalized spacial score (nSPS) is 12.9. The Balaban J connectivity index is 1.92. The van der Waals surface area contributed by atoms with Crippen molar-refractivity contribution in [1.29, 1.82) is 0 Å². The topological polar surface area (TPSA) is 37.8 Å². The van der Waals surface area contributed by atoms with E-state index < -0.39 is 0 Å². The zero-order valence-corrected chi connectivity index (χ0v) is 10.1. The molecule has 5 heteroatoms. The minimum absolute atomic E-state index is 0.353. The van der Waals surface area contributed by atoms with Crippen molar-refractivity contribution >= 4 is 22.7 Å². The fourth-order valence-electron chi connectivity index (χ4n) is 1.37. The van der Waals surface area contributed by atoms with Crippen LogP contribution in [0.25, 0.3) is 0 Å². The van der Waals surface area contributed by atoms with E-state index in [2.05, 4.69) is 27.6 Å². The maximum atomic E-state index is 4.33.